The number of hydrogen-bond acceptors (Lipinski definition) is 4. The number of hydrogen-bond donors (Lipinski definition) is 1. The summed E-state index contributed by atoms with van der Waals surface area (Å²) in [7, 11) is 0. The molecule has 0 spiro atoms. The molecule has 1 amide bonds. The van der Waals surface area contributed by atoms with Crippen molar-refractivity contribution < 1.29 is 4.79 Å². The molecule has 0 saturated carbocycles. The minimum atomic E-state index is -0.0305. The molecule has 0 saturated heterocycles. The maximum absolute atomic E-state index is 12.2. The first-order valence-electron chi connectivity index (χ1n) is 8.24. The van der Waals surface area contributed by atoms with E-state index in [-0.39, 0.29) is 5.91 Å². The van der Waals surface area contributed by atoms with Crippen LogP contribution in [-0.2, 0) is 17.8 Å². The van der Waals surface area contributed by atoms with Crippen LogP contribution in [0.3, 0.4) is 0 Å². The van der Waals surface area contributed by atoms with Crippen LogP contribution in [0.15, 0.2) is 30.5 Å². The van der Waals surface area contributed by atoms with Crippen LogP contribution >= 0.6 is 11.6 Å². The summed E-state index contributed by atoms with van der Waals surface area (Å²) >= 11 is 5.86. The van der Waals surface area contributed by atoms with Crippen LogP contribution in [0.25, 0.3) is 5.65 Å². The fourth-order valence-electron chi connectivity index (χ4n) is 2.88. The van der Waals surface area contributed by atoms with Gasteiger partial charge in [0.15, 0.2) is 5.65 Å². The van der Waals surface area contributed by atoms with Crippen molar-refractivity contribution in [1.29, 1.82) is 5.26 Å². The number of rotatable bonds is 5. The molecule has 26 heavy (non-hydrogen) atoms. The lowest BCUT2D eigenvalue weighted by Crippen LogP contribution is -2.23. The van der Waals surface area contributed by atoms with Crippen molar-refractivity contribution in [3.05, 3.63) is 63.6 Å². The molecule has 3 aromatic rings. The molecule has 132 valence electrons. The topological polar surface area (TPSA) is 83.1 Å². The normalized spacial score (nSPS) is 10.7. The number of halogens is 1. The highest BCUT2D eigenvalue weighted by Crippen LogP contribution is 2.18. The number of aromatic nitrogens is 3. The third kappa shape index (κ3) is 3.68. The number of nitrogens with zero attached hydrogens (tertiary/aromatic N) is 4. The van der Waals surface area contributed by atoms with E-state index < -0.39 is 0 Å². The Morgan fingerprint density at radius 2 is 2.04 bits per heavy atom. The van der Waals surface area contributed by atoms with Gasteiger partial charge in [0.1, 0.15) is 11.6 Å². The van der Waals surface area contributed by atoms with Crippen LogP contribution in [0.1, 0.15) is 34.5 Å². The second kappa shape index (κ2) is 7.54. The number of carbonyl (C=O) groups excluding carboxylic acids is 1. The summed E-state index contributed by atoms with van der Waals surface area (Å²) in [5.41, 5.74) is 4.70. The second-order valence-electron chi connectivity index (χ2n) is 6.07. The van der Waals surface area contributed by atoms with Gasteiger partial charge in [-0.1, -0.05) is 23.7 Å². The highest BCUT2D eigenvalue weighted by Gasteiger charge is 2.14. The Morgan fingerprint density at radius 1 is 1.31 bits per heavy atom. The van der Waals surface area contributed by atoms with Gasteiger partial charge >= 0.3 is 0 Å². The van der Waals surface area contributed by atoms with Crippen molar-refractivity contribution in [3.8, 4) is 6.07 Å². The van der Waals surface area contributed by atoms with Crippen molar-refractivity contribution in [3.63, 3.8) is 0 Å². The molecular weight excluding hydrogens is 350 g/mol. The third-order valence-corrected chi connectivity index (χ3v) is 4.59. The molecule has 0 aliphatic heterocycles. The van der Waals surface area contributed by atoms with E-state index in [2.05, 4.69) is 21.5 Å². The molecule has 1 aromatic carbocycles. The maximum Gasteiger partial charge on any atom is 0.220 e. The fraction of sp³-hybridized carbons (Fsp3) is 0.263. The fourth-order valence-corrected chi connectivity index (χ4v) is 3.01. The molecule has 0 aliphatic rings. The molecular formula is C19H18ClN5O. The molecule has 0 bridgehead atoms. The van der Waals surface area contributed by atoms with E-state index in [1.807, 2.05) is 26.0 Å². The predicted octanol–water partition coefficient (Wildman–Crippen LogP) is 3.12. The lowest BCUT2D eigenvalue weighted by molar-refractivity contribution is -0.121. The van der Waals surface area contributed by atoms with E-state index in [0.29, 0.717) is 35.6 Å². The van der Waals surface area contributed by atoms with Crippen molar-refractivity contribution in [2.24, 2.45) is 0 Å². The van der Waals surface area contributed by atoms with Gasteiger partial charge in [-0.2, -0.15) is 10.4 Å². The van der Waals surface area contributed by atoms with Crippen LogP contribution in [0, 0.1) is 25.2 Å². The van der Waals surface area contributed by atoms with E-state index in [1.54, 1.807) is 16.6 Å². The van der Waals surface area contributed by atoms with E-state index in [4.69, 9.17) is 16.9 Å². The molecule has 0 unspecified atom stereocenters. The zero-order valence-electron chi connectivity index (χ0n) is 14.6. The zero-order chi connectivity index (χ0) is 18.7. The first-order valence-corrected chi connectivity index (χ1v) is 8.62. The smallest absolute Gasteiger partial charge is 0.220 e. The van der Waals surface area contributed by atoms with Gasteiger partial charge in [-0.15, -0.1) is 0 Å². The van der Waals surface area contributed by atoms with E-state index in [9.17, 15) is 4.79 Å². The molecule has 0 atom stereocenters. The van der Waals surface area contributed by atoms with E-state index >= 15 is 0 Å². The quantitative estimate of drug-likeness (QED) is 0.751. The molecule has 3 rings (SSSR count). The van der Waals surface area contributed by atoms with Gasteiger partial charge < -0.3 is 5.32 Å². The minimum absolute atomic E-state index is 0.0305. The standard InChI is InChI=1S/C19H18ClN5O/c1-12-17(13(2)25-19(24-12)15(9-21)11-23-25)7-8-18(26)22-10-14-3-5-16(20)6-4-14/h3-6,11H,7-8,10H2,1-2H3,(H,22,26). The zero-order valence-corrected chi connectivity index (χ0v) is 15.3. The van der Waals surface area contributed by atoms with Gasteiger partial charge in [-0.3, -0.25) is 4.79 Å². The summed E-state index contributed by atoms with van der Waals surface area (Å²) in [6, 6.07) is 9.47. The number of nitrogens with one attached hydrogen (secondary N) is 1. The Kier molecular flexibility index (Phi) is 5.19. The minimum Gasteiger partial charge on any atom is -0.352 e. The Morgan fingerprint density at radius 3 is 2.73 bits per heavy atom. The number of fused-ring (bicyclic) bond motifs is 1. The largest absolute Gasteiger partial charge is 0.352 e. The Bertz CT molecular complexity index is 1000. The van der Waals surface area contributed by atoms with Crippen LogP contribution in [0.2, 0.25) is 5.02 Å². The monoisotopic (exact) mass is 367 g/mol. The molecule has 7 heteroatoms. The second-order valence-corrected chi connectivity index (χ2v) is 6.51. The average Bonchev–Trinajstić information content (AvgIpc) is 3.04. The third-order valence-electron chi connectivity index (χ3n) is 4.33. The van der Waals surface area contributed by atoms with Crippen molar-refractivity contribution in [1.82, 2.24) is 19.9 Å². The summed E-state index contributed by atoms with van der Waals surface area (Å²) in [5, 5.41) is 16.9. The van der Waals surface area contributed by atoms with E-state index in [1.165, 1.54) is 6.20 Å². The van der Waals surface area contributed by atoms with Crippen molar-refractivity contribution in [2.75, 3.05) is 0 Å². The van der Waals surface area contributed by atoms with Crippen LogP contribution in [-0.4, -0.2) is 20.5 Å². The molecule has 6 nitrogen and oxygen atoms in total. The van der Waals surface area contributed by atoms with Crippen molar-refractivity contribution in [2.45, 2.75) is 33.2 Å². The molecule has 0 fully saturated rings. The Hall–Kier alpha value is -2.91. The lowest BCUT2D eigenvalue weighted by atomic mass is 10.1. The molecule has 2 aromatic heterocycles. The predicted molar refractivity (Wildman–Crippen MR) is 98.8 cm³/mol. The lowest BCUT2D eigenvalue weighted by Gasteiger charge is -2.11. The molecule has 0 aliphatic carbocycles. The van der Waals surface area contributed by atoms with Gasteiger partial charge in [0.05, 0.1) is 6.20 Å². The highest BCUT2D eigenvalue weighted by molar-refractivity contribution is 6.30. The van der Waals surface area contributed by atoms with Crippen LogP contribution < -0.4 is 5.32 Å². The Balaban J connectivity index is 1.66. The highest BCUT2D eigenvalue weighted by atomic mass is 35.5. The SMILES string of the molecule is Cc1nc2c(C#N)cnn2c(C)c1CCC(=O)NCc1ccc(Cl)cc1. The first-order chi connectivity index (χ1) is 12.5. The molecule has 2 heterocycles. The van der Waals surface area contributed by atoms with Crippen LogP contribution in [0.5, 0.6) is 0 Å². The van der Waals surface area contributed by atoms with Gasteiger partial charge in [0.2, 0.25) is 5.91 Å². The van der Waals surface area contributed by atoms with E-state index in [0.717, 1.165) is 22.5 Å². The molecule has 1 N–H and O–H groups in total. The van der Waals surface area contributed by atoms with Gasteiger partial charge in [0, 0.05) is 29.4 Å². The van der Waals surface area contributed by atoms with Gasteiger partial charge in [-0.05, 0) is 43.5 Å². The summed E-state index contributed by atoms with van der Waals surface area (Å²) in [6.45, 7) is 4.29. The summed E-state index contributed by atoms with van der Waals surface area (Å²) in [4.78, 5) is 16.7. The number of nitriles is 1. The average molecular weight is 368 g/mol. The summed E-state index contributed by atoms with van der Waals surface area (Å²) in [5.74, 6) is -0.0305. The van der Waals surface area contributed by atoms with Crippen LogP contribution in [0.4, 0.5) is 0 Å². The summed E-state index contributed by atoms with van der Waals surface area (Å²) in [6.07, 6.45) is 2.43. The number of benzene rings is 1. The number of carbonyl (C=O) groups is 1. The first kappa shape index (κ1) is 17.9. The van der Waals surface area contributed by atoms with Gasteiger partial charge in [-0.25, -0.2) is 9.50 Å². The Labute approximate surface area is 156 Å². The number of aryl methyl sites for hydroxylation is 2. The van der Waals surface area contributed by atoms with Gasteiger partial charge in [0.25, 0.3) is 0 Å². The maximum atomic E-state index is 12.2. The number of amides is 1. The summed E-state index contributed by atoms with van der Waals surface area (Å²) < 4.78 is 1.66. The molecule has 0 radical (unpaired) electrons. The van der Waals surface area contributed by atoms with Crippen molar-refractivity contribution >= 4 is 23.2 Å².